The summed E-state index contributed by atoms with van der Waals surface area (Å²) in [6, 6.07) is 8.01. The van der Waals surface area contributed by atoms with Gasteiger partial charge in [0, 0.05) is 22.6 Å². The number of fused-ring (bicyclic) bond motifs is 1. The lowest BCUT2D eigenvalue weighted by atomic mass is 10.1. The Morgan fingerprint density at radius 2 is 2.00 bits per heavy atom. The summed E-state index contributed by atoms with van der Waals surface area (Å²) in [5.74, 6) is 0. The maximum Gasteiger partial charge on any atom is 0.0747 e. The maximum atomic E-state index is 5.62. The molecule has 2 N–H and O–H groups in total. The third-order valence-corrected chi connectivity index (χ3v) is 2.43. The number of nitrogens with two attached hydrogens (primary N) is 1. The summed E-state index contributed by atoms with van der Waals surface area (Å²) in [6.07, 6.45) is 1.79. The zero-order valence-corrected chi connectivity index (χ0v) is 11.0. The van der Waals surface area contributed by atoms with Crippen LogP contribution in [0.1, 0.15) is 5.56 Å². The highest BCUT2D eigenvalue weighted by molar-refractivity contribution is 9.10. The van der Waals surface area contributed by atoms with Gasteiger partial charge in [0.15, 0.2) is 0 Å². The molecule has 0 aliphatic rings. The fraction of sp³-hybridized carbons (Fsp3) is 0.100. The highest BCUT2D eigenvalue weighted by atomic mass is 79.9. The predicted molar refractivity (Wildman–Crippen MR) is 71.8 cm³/mol. The second-order valence-corrected chi connectivity index (χ2v) is 3.76. The number of pyridine rings is 1. The van der Waals surface area contributed by atoms with Crippen molar-refractivity contribution >= 4 is 51.6 Å². The molecular weight excluding hydrogens is 299 g/mol. The molecule has 82 valence electrons. The lowest BCUT2D eigenvalue weighted by Gasteiger charge is -2.03. The van der Waals surface area contributed by atoms with Crippen molar-refractivity contribution in [2.45, 2.75) is 6.54 Å². The smallest absolute Gasteiger partial charge is 0.0747 e. The lowest BCUT2D eigenvalue weighted by molar-refractivity contribution is 1.07. The topological polar surface area (TPSA) is 38.9 Å². The summed E-state index contributed by atoms with van der Waals surface area (Å²) < 4.78 is 1.05. The molecule has 1 heterocycles. The van der Waals surface area contributed by atoms with Crippen LogP contribution < -0.4 is 5.73 Å². The average molecular weight is 310 g/mol. The number of hydrogen-bond donors (Lipinski definition) is 1. The molecule has 1 aromatic heterocycles. The second-order valence-electron chi connectivity index (χ2n) is 2.84. The third-order valence-electron chi connectivity index (χ3n) is 1.97. The van der Waals surface area contributed by atoms with E-state index in [4.69, 9.17) is 5.73 Å². The van der Waals surface area contributed by atoms with E-state index in [1.807, 2.05) is 24.3 Å². The molecule has 1 aromatic carbocycles. The molecule has 0 saturated heterocycles. The molecule has 0 aliphatic heterocycles. The minimum absolute atomic E-state index is 0. The van der Waals surface area contributed by atoms with Crippen molar-refractivity contribution < 1.29 is 0 Å². The number of nitrogens with zero attached hydrogens (tertiary/aromatic N) is 1. The zero-order valence-electron chi connectivity index (χ0n) is 7.81. The molecule has 0 unspecified atom stereocenters. The quantitative estimate of drug-likeness (QED) is 0.878. The maximum absolute atomic E-state index is 5.62. The van der Waals surface area contributed by atoms with Gasteiger partial charge in [-0.3, -0.25) is 4.98 Å². The van der Waals surface area contributed by atoms with Crippen molar-refractivity contribution in [1.82, 2.24) is 4.98 Å². The van der Waals surface area contributed by atoms with E-state index in [0.717, 1.165) is 20.9 Å². The summed E-state index contributed by atoms with van der Waals surface area (Å²) in [4.78, 5) is 4.29. The van der Waals surface area contributed by atoms with Gasteiger partial charge in [-0.2, -0.15) is 0 Å². The van der Waals surface area contributed by atoms with Crippen molar-refractivity contribution in [3.8, 4) is 0 Å². The molecule has 0 aliphatic carbocycles. The highest BCUT2D eigenvalue weighted by Gasteiger charge is 2.01. The Hall–Kier alpha value is -0.350. The van der Waals surface area contributed by atoms with Gasteiger partial charge in [0.1, 0.15) is 0 Å². The molecule has 2 rings (SSSR count). The van der Waals surface area contributed by atoms with Crippen molar-refractivity contribution in [1.29, 1.82) is 0 Å². The van der Waals surface area contributed by atoms with Gasteiger partial charge in [0.05, 0.1) is 5.52 Å². The monoisotopic (exact) mass is 308 g/mol. The molecule has 5 heteroatoms. The van der Waals surface area contributed by atoms with Gasteiger partial charge in [0.2, 0.25) is 0 Å². The number of hydrogen-bond acceptors (Lipinski definition) is 2. The lowest BCUT2D eigenvalue weighted by Crippen LogP contribution is -1.98. The number of benzene rings is 1. The molecular formula is C10H11BrCl2N2. The van der Waals surface area contributed by atoms with Gasteiger partial charge in [-0.25, -0.2) is 0 Å². The summed E-state index contributed by atoms with van der Waals surface area (Å²) in [5.41, 5.74) is 7.69. The number of halogens is 3. The van der Waals surface area contributed by atoms with Crippen molar-refractivity contribution in [2.75, 3.05) is 0 Å². The van der Waals surface area contributed by atoms with Crippen LogP contribution in [0.25, 0.3) is 10.9 Å². The highest BCUT2D eigenvalue weighted by Crippen LogP contribution is 2.21. The fourth-order valence-electron chi connectivity index (χ4n) is 1.38. The molecule has 2 nitrogen and oxygen atoms in total. The minimum atomic E-state index is 0. The Bertz CT molecular complexity index is 448. The van der Waals surface area contributed by atoms with Crippen LogP contribution in [0, 0.1) is 0 Å². The Kier molecular flexibility index (Phi) is 6.13. The molecule has 0 amide bonds. The molecule has 0 radical (unpaired) electrons. The molecule has 0 atom stereocenters. The van der Waals surface area contributed by atoms with Gasteiger partial charge < -0.3 is 5.73 Å². The SMILES string of the molecule is Cl.Cl.NCc1cc(Br)cc2cccnc12. The second kappa shape index (κ2) is 6.28. The third kappa shape index (κ3) is 3.05. The first-order valence-corrected chi connectivity index (χ1v) is 4.84. The van der Waals surface area contributed by atoms with Gasteiger partial charge in [-0.15, -0.1) is 24.8 Å². The van der Waals surface area contributed by atoms with Crippen LogP contribution in [0.3, 0.4) is 0 Å². The van der Waals surface area contributed by atoms with Gasteiger partial charge in [-0.05, 0) is 23.8 Å². The van der Waals surface area contributed by atoms with Crippen LogP contribution in [0.5, 0.6) is 0 Å². The van der Waals surface area contributed by atoms with E-state index >= 15 is 0 Å². The largest absolute Gasteiger partial charge is 0.326 e. The van der Waals surface area contributed by atoms with Crippen molar-refractivity contribution in [3.05, 3.63) is 40.5 Å². The van der Waals surface area contributed by atoms with Crippen LogP contribution in [-0.4, -0.2) is 4.98 Å². The van der Waals surface area contributed by atoms with Gasteiger partial charge in [0.25, 0.3) is 0 Å². The Morgan fingerprint density at radius 1 is 1.27 bits per heavy atom. The first-order valence-electron chi connectivity index (χ1n) is 4.04. The molecule has 2 aromatic rings. The van der Waals surface area contributed by atoms with Crippen molar-refractivity contribution in [3.63, 3.8) is 0 Å². The Balaban J connectivity index is 0.000000980. The van der Waals surface area contributed by atoms with E-state index in [-0.39, 0.29) is 24.8 Å². The van der Waals surface area contributed by atoms with E-state index in [9.17, 15) is 0 Å². The van der Waals surface area contributed by atoms with E-state index in [0.29, 0.717) is 6.54 Å². The van der Waals surface area contributed by atoms with Crippen LogP contribution in [0.4, 0.5) is 0 Å². The van der Waals surface area contributed by atoms with Gasteiger partial charge in [-0.1, -0.05) is 22.0 Å². The standard InChI is InChI=1S/C10H9BrN2.2ClH/c11-9-4-7-2-1-3-13-10(7)8(5-9)6-12;;/h1-5H,6,12H2;2*1H. The minimum Gasteiger partial charge on any atom is -0.326 e. The first-order chi connectivity index (χ1) is 6.31. The summed E-state index contributed by atoms with van der Waals surface area (Å²) in [5, 5.41) is 1.12. The van der Waals surface area contributed by atoms with Crippen LogP contribution >= 0.6 is 40.7 Å². The van der Waals surface area contributed by atoms with Crippen LogP contribution in [0.15, 0.2) is 34.9 Å². The average Bonchev–Trinajstić information content (AvgIpc) is 2.16. The fourth-order valence-corrected chi connectivity index (χ4v) is 1.91. The Morgan fingerprint density at radius 3 is 2.67 bits per heavy atom. The van der Waals surface area contributed by atoms with E-state index < -0.39 is 0 Å². The van der Waals surface area contributed by atoms with Crippen LogP contribution in [-0.2, 0) is 6.54 Å². The van der Waals surface area contributed by atoms with E-state index in [1.54, 1.807) is 6.20 Å². The molecule has 0 fully saturated rings. The predicted octanol–water partition coefficient (Wildman–Crippen LogP) is 3.30. The van der Waals surface area contributed by atoms with Gasteiger partial charge >= 0.3 is 0 Å². The normalized spacial score (nSPS) is 9.20. The van der Waals surface area contributed by atoms with Crippen LogP contribution in [0.2, 0.25) is 0 Å². The Labute approximate surface area is 109 Å². The summed E-state index contributed by atoms with van der Waals surface area (Å²) in [6.45, 7) is 0.521. The molecule has 0 spiro atoms. The summed E-state index contributed by atoms with van der Waals surface area (Å²) in [7, 11) is 0. The molecule has 0 saturated carbocycles. The zero-order chi connectivity index (χ0) is 9.26. The number of rotatable bonds is 1. The summed E-state index contributed by atoms with van der Waals surface area (Å²) >= 11 is 3.44. The van der Waals surface area contributed by atoms with Crippen molar-refractivity contribution in [2.24, 2.45) is 5.73 Å². The first kappa shape index (κ1) is 14.6. The number of aromatic nitrogens is 1. The van der Waals surface area contributed by atoms with E-state index in [2.05, 4.69) is 20.9 Å². The molecule has 0 bridgehead atoms. The molecule has 15 heavy (non-hydrogen) atoms. The van der Waals surface area contributed by atoms with E-state index in [1.165, 1.54) is 0 Å².